The summed E-state index contributed by atoms with van der Waals surface area (Å²) in [6, 6.07) is 7.31. The lowest BCUT2D eigenvalue weighted by Gasteiger charge is -2.31. The minimum absolute atomic E-state index is 0.222. The van der Waals surface area contributed by atoms with Crippen molar-refractivity contribution in [3.8, 4) is 16.2 Å². The standard InChI is InChI=1S/C24H26N6O4S/c1-4-33-9-5-8-30-17-11-18-16(27-22(32)24(2,3)34-18)10-15(17)28-23(30)29-21(31)20-7-6-19(35-20)14-12-25-26-13-14/h6-7,10-13H,4-5,8-9H2,1-3H3,(H,25,26)(H,27,32)(H,28,29,31). The number of carbonyl (C=O) groups is 2. The zero-order valence-electron chi connectivity index (χ0n) is 19.7. The Bertz CT molecular complexity index is 1390. The van der Waals surface area contributed by atoms with E-state index in [1.54, 1.807) is 38.4 Å². The third kappa shape index (κ3) is 4.52. The molecule has 0 unspecified atom stereocenters. The summed E-state index contributed by atoms with van der Waals surface area (Å²) in [5.41, 5.74) is 1.94. The Hall–Kier alpha value is -3.70. The van der Waals surface area contributed by atoms with Crippen molar-refractivity contribution in [2.45, 2.75) is 39.3 Å². The monoisotopic (exact) mass is 494 g/mol. The minimum atomic E-state index is -0.983. The molecule has 4 aromatic rings. The van der Waals surface area contributed by atoms with E-state index < -0.39 is 5.60 Å². The van der Waals surface area contributed by atoms with E-state index in [1.807, 2.05) is 23.6 Å². The van der Waals surface area contributed by atoms with Crippen LogP contribution in [-0.2, 0) is 16.1 Å². The normalized spacial score (nSPS) is 14.4. The molecule has 5 rings (SSSR count). The lowest BCUT2D eigenvalue weighted by Crippen LogP contribution is -2.45. The van der Waals surface area contributed by atoms with Crippen LogP contribution < -0.4 is 15.4 Å². The Balaban J connectivity index is 1.47. The minimum Gasteiger partial charge on any atom is -0.476 e. The molecule has 182 valence electrons. The van der Waals surface area contributed by atoms with Crippen LogP contribution in [0.1, 0.15) is 36.9 Å². The topological polar surface area (TPSA) is 123 Å². The second-order valence-electron chi connectivity index (χ2n) is 8.65. The van der Waals surface area contributed by atoms with Crippen LogP contribution in [0.25, 0.3) is 21.5 Å². The molecule has 3 aromatic heterocycles. The molecule has 0 bridgehead atoms. The van der Waals surface area contributed by atoms with Crippen LogP contribution in [0.4, 0.5) is 11.6 Å². The highest BCUT2D eigenvalue weighted by Gasteiger charge is 2.36. The average Bonchev–Trinajstić information content (AvgIpc) is 3.56. The van der Waals surface area contributed by atoms with E-state index in [9.17, 15) is 9.59 Å². The van der Waals surface area contributed by atoms with Gasteiger partial charge in [-0.3, -0.25) is 20.0 Å². The number of nitrogens with zero attached hydrogens (tertiary/aromatic N) is 3. The van der Waals surface area contributed by atoms with Gasteiger partial charge in [-0.25, -0.2) is 4.98 Å². The molecule has 0 saturated carbocycles. The summed E-state index contributed by atoms with van der Waals surface area (Å²) in [5, 5.41) is 12.6. The number of benzene rings is 1. The zero-order chi connectivity index (χ0) is 24.6. The summed E-state index contributed by atoms with van der Waals surface area (Å²) in [5.74, 6) is 0.517. The van der Waals surface area contributed by atoms with Crippen molar-refractivity contribution < 1.29 is 19.1 Å². The summed E-state index contributed by atoms with van der Waals surface area (Å²) in [4.78, 5) is 31.6. The average molecular weight is 495 g/mol. The molecule has 4 heterocycles. The molecule has 11 heteroatoms. The summed E-state index contributed by atoms with van der Waals surface area (Å²) in [6.07, 6.45) is 4.25. The third-order valence-electron chi connectivity index (χ3n) is 5.72. The number of amides is 2. The molecule has 2 amide bonds. The molecule has 3 N–H and O–H groups in total. The van der Waals surface area contributed by atoms with Crippen LogP contribution in [0.3, 0.4) is 0 Å². The van der Waals surface area contributed by atoms with Crippen LogP contribution in [0.5, 0.6) is 5.75 Å². The first-order valence-corrected chi connectivity index (χ1v) is 12.2. The largest absolute Gasteiger partial charge is 0.476 e. The van der Waals surface area contributed by atoms with E-state index >= 15 is 0 Å². The lowest BCUT2D eigenvalue weighted by atomic mass is 10.1. The van der Waals surface area contributed by atoms with Gasteiger partial charge in [0.15, 0.2) is 5.60 Å². The van der Waals surface area contributed by atoms with Crippen molar-refractivity contribution in [1.82, 2.24) is 19.7 Å². The second-order valence-corrected chi connectivity index (χ2v) is 9.73. The van der Waals surface area contributed by atoms with E-state index in [4.69, 9.17) is 9.47 Å². The van der Waals surface area contributed by atoms with Crippen LogP contribution in [0.2, 0.25) is 0 Å². The third-order valence-corrected chi connectivity index (χ3v) is 6.86. The number of hydrogen-bond acceptors (Lipinski definition) is 7. The number of hydrogen-bond donors (Lipinski definition) is 3. The number of nitrogens with one attached hydrogen (secondary N) is 3. The number of H-pyrrole nitrogens is 1. The van der Waals surface area contributed by atoms with Crippen molar-refractivity contribution in [2.24, 2.45) is 0 Å². The highest BCUT2D eigenvalue weighted by atomic mass is 32.1. The van der Waals surface area contributed by atoms with Gasteiger partial charge in [0.1, 0.15) is 5.75 Å². The molecule has 35 heavy (non-hydrogen) atoms. The van der Waals surface area contributed by atoms with E-state index in [1.165, 1.54) is 11.3 Å². The van der Waals surface area contributed by atoms with Crippen LogP contribution in [0, 0.1) is 0 Å². The van der Waals surface area contributed by atoms with Crippen LogP contribution >= 0.6 is 11.3 Å². The van der Waals surface area contributed by atoms with Gasteiger partial charge in [-0.2, -0.15) is 5.10 Å². The van der Waals surface area contributed by atoms with E-state index in [-0.39, 0.29) is 11.8 Å². The molecule has 10 nitrogen and oxygen atoms in total. The summed E-state index contributed by atoms with van der Waals surface area (Å²) >= 11 is 1.38. The number of imidazole rings is 1. The summed E-state index contributed by atoms with van der Waals surface area (Å²) < 4.78 is 13.4. The number of fused-ring (bicyclic) bond motifs is 2. The molecule has 1 aliphatic rings. The molecule has 0 atom stereocenters. The fourth-order valence-electron chi connectivity index (χ4n) is 3.88. The van der Waals surface area contributed by atoms with Gasteiger partial charge in [0.2, 0.25) is 5.95 Å². The van der Waals surface area contributed by atoms with Crippen LogP contribution in [-0.4, -0.2) is 50.4 Å². The number of rotatable bonds is 8. The molecule has 0 aliphatic carbocycles. The Morgan fingerprint density at radius 3 is 2.94 bits per heavy atom. The predicted molar refractivity (Wildman–Crippen MR) is 134 cm³/mol. The second kappa shape index (κ2) is 9.16. The molecule has 0 fully saturated rings. The molecule has 1 aliphatic heterocycles. The molecule has 0 saturated heterocycles. The Kier molecular flexibility index (Phi) is 6.03. The maximum atomic E-state index is 13.1. The number of ether oxygens (including phenoxy) is 2. The first-order valence-electron chi connectivity index (χ1n) is 11.4. The van der Waals surface area contributed by atoms with Gasteiger partial charge in [0.05, 0.1) is 27.8 Å². The first kappa shape index (κ1) is 23.1. The fraction of sp³-hybridized carbons (Fsp3) is 0.333. The van der Waals surface area contributed by atoms with Crippen LogP contribution in [0.15, 0.2) is 36.7 Å². The fourth-order valence-corrected chi connectivity index (χ4v) is 4.77. The van der Waals surface area contributed by atoms with Gasteiger partial charge in [0.25, 0.3) is 11.8 Å². The van der Waals surface area contributed by atoms with Crippen molar-refractivity contribution in [1.29, 1.82) is 0 Å². The number of aryl methyl sites for hydroxylation is 1. The smallest absolute Gasteiger partial charge is 0.268 e. The van der Waals surface area contributed by atoms with Gasteiger partial charge in [0, 0.05) is 42.5 Å². The van der Waals surface area contributed by atoms with Crippen molar-refractivity contribution in [3.05, 3.63) is 41.5 Å². The van der Waals surface area contributed by atoms with E-state index in [0.717, 1.165) is 22.4 Å². The summed E-state index contributed by atoms with van der Waals surface area (Å²) in [7, 11) is 0. The van der Waals surface area contributed by atoms with Crippen molar-refractivity contribution in [2.75, 3.05) is 23.8 Å². The molecule has 1 aromatic carbocycles. The molecular formula is C24H26N6O4S. The highest BCUT2D eigenvalue weighted by Crippen LogP contribution is 2.38. The number of thiophene rings is 1. The van der Waals surface area contributed by atoms with Gasteiger partial charge >= 0.3 is 0 Å². The zero-order valence-corrected chi connectivity index (χ0v) is 20.5. The molecule has 0 spiro atoms. The Labute approximate surface area is 205 Å². The molecular weight excluding hydrogens is 468 g/mol. The van der Waals surface area contributed by atoms with Gasteiger partial charge in [-0.05, 0) is 45.4 Å². The highest BCUT2D eigenvalue weighted by molar-refractivity contribution is 7.17. The maximum absolute atomic E-state index is 13.1. The number of carbonyl (C=O) groups excluding carboxylic acids is 2. The lowest BCUT2D eigenvalue weighted by molar-refractivity contribution is -0.129. The van der Waals surface area contributed by atoms with Gasteiger partial charge < -0.3 is 19.4 Å². The Morgan fingerprint density at radius 1 is 1.31 bits per heavy atom. The quantitative estimate of drug-likeness (QED) is 0.314. The van der Waals surface area contributed by atoms with E-state index in [0.29, 0.717) is 47.5 Å². The first-order chi connectivity index (χ1) is 16.9. The predicted octanol–water partition coefficient (Wildman–Crippen LogP) is 4.28. The van der Waals surface area contributed by atoms with Crippen molar-refractivity contribution in [3.63, 3.8) is 0 Å². The number of aromatic nitrogens is 4. The van der Waals surface area contributed by atoms with Crippen molar-refractivity contribution >= 4 is 45.8 Å². The maximum Gasteiger partial charge on any atom is 0.268 e. The summed E-state index contributed by atoms with van der Waals surface area (Å²) in [6.45, 7) is 7.22. The van der Waals surface area contributed by atoms with E-state index in [2.05, 4.69) is 25.8 Å². The number of anilines is 2. The van der Waals surface area contributed by atoms with Gasteiger partial charge in [-0.15, -0.1) is 11.3 Å². The Morgan fingerprint density at radius 2 is 2.17 bits per heavy atom. The van der Waals surface area contributed by atoms with Gasteiger partial charge in [-0.1, -0.05) is 0 Å². The SMILES string of the molecule is CCOCCCn1c(NC(=O)c2ccc(-c3cn[nH]c3)s2)nc2cc3c(cc21)OC(C)(C)C(=O)N3. The molecule has 0 radical (unpaired) electrons. The number of aromatic amines is 1.